The number of rotatable bonds is 5. The molecule has 0 aliphatic heterocycles. The number of hydrogen-bond acceptors (Lipinski definition) is 5. The summed E-state index contributed by atoms with van der Waals surface area (Å²) < 4.78 is 41.3. The first-order chi connectivity index (χ1) is 12.6. The van der Waals surface area contributed by atoms with Crippen LogP contribution in [-0.2, 0) is 10.0 Å². The SMILES string of the molecule is CNC(=O)c1cc(C2CC2)cc(NS(=O)(=O)c2cc(Br)cc(F)c2O)c1O. The molecule has 3 rings (SSSR count). The molecule has 2 aromatic carbocycles. The molecule has 0 radical (unpaired) electrons. The second-order valence-corrected chi connectivity index (χ2v) is 8.72. The highest BCUT2D eigenvalue weighted by Crippen LogP contribution is 2.44. The summed E-state index contributed by atoms with van der Waals surface area (Å²) in [7, 11) is -3.06. The van der Waals surface area contributed by atoms with Crippen LogP contribution in [-0.4, -0.2) is 31.6 Å². The Morgan fingerprint density at radius 2 is 1.85 bits per heavy atom. The third-order valence-corrected chi connectivity index (χ3v) is 6.02. The zero-order valence-electron chi connectivity index (χ0n) is 14.1. The lowest BCUT2D eigenvalue weighted by molar-refractivity contribution is 0.0960. The number of anilines is 1. The van der Waals surface area contributed by atoms with Crippen molar-refractivity contribution in [1.29, 1.82) is 0 Å². The summed E-state index contributed by atoms with van der Waals surface area (Å²) in [6.07, 6.45) is 1.78. The minimum Gasteiger partial charge on any atom is -0.505 e. The van der Waals surface area contributed by atoms with E-state index in [1.54, 1.807) is 0 Å². The molecule has 27 heavy (non-hydrogen) atoms. The van der Waals surface area contributed by atoms with Crippen LogP contribution in [0.2, 0.25) is 0 Å². The molecule has 144 valence electrons. The third kappa shape index (κ3) is 3.86. The van der Waals surface area contributed by atoms with E-state index in [-0.39, 0.29) is 21.6 Å². The number of phenols is 2. The number of amides is 1. The van der Waals surface area contributed by atoms with E-state index in [1.165, 1.54) is 19.2 Å². The largest absolute Gasteiger partial charge is 0.505 e. The Morgan fingerprint density at radius 1 is 1.19 bits per heavy atom. The number of hydrogen-bond donors (Lipinski definition) is 4. The fourth-order valence-electron chi connectivity index (χ4n) is 2.64. The molecule has 1 fully saturated rings. The Balaban J connectivity index is 2.09. The summed E-state index contributed by atoms with van der Waals surface area (Å²) in [5.74, 6) is -3.13. The van der Waals surface area contributed by atoms with Crippen LogP contribution < -0.4 is 10.0 Å². The fourth-order valence-corrected chi connectivity index (χ4v) is 4.41. The molecule has 0 aromatic heterocycles. The van der Waals surface area contributed by atoms with Crippen molar-refractivity contribution >= 4 is 37.5 Å². The Hall–Kier alpha value is -2.33. The number of halogens is 2. The molecular formula is C17H16BrFN2O5S. The third-order valence-electron chi connectivity index (χ3n) is 4.18. The smallest absolute Gasteiger partial charge is 0.265 e. The van der Waals surface area contributed by atoms with Crippen LogP contribution in [0.3, 0.4) is 0 Å². The van der Waals surface area contributed by atoms with Crippen LogP contribution in [0.15, 0.2) is 33.6 Å². The van der Waals surface area contributed by atoms with Gasteiger partial charge in [-0.3, -0.25) is 9.52 Å². The molecule has 0 spiro atoms. The maximum atomic E-state index is 13.7. The molecular weight excluding hydrogens is 443 g/mol. The van der Waals surface area contributed by atoms with E-state index in [4.69, 9.17) is 0 Å². The second kappa shape index (κ2) is 7.01. The van der Waals surface area contributed by atoms with Crippen molar-refractivity contribution in [3.8, 4) is 11.5 Å². The van der Waals surface area contributed by atoms with Gasteiger partial charge in [0.2, 0.25) is 0 Å². The highest BCUT2D eigenvalue weighted by Gasteiger charge is 2.29. The topological polar surface area (TPSA) is 116 Å². The first kappa shape index (κ1) is 19.4. The van der Waals surface area contributed by atoms with Gasteiger partial charge in [-0.15, -0.1) is 0 Å². The van der Waals surface area contributed by atoms with Crippen LogP contribution in [0.1, 0.15) is 34.7 Å². The van der Waals surface area contributed by atoms with Crippen molar-refractivity contribution < 1.29 is 27.8 Å². The Kier molecular flexibility index (Phi) is 5.04. The lowest BCUT2D eigenvalue weighted by atomic mass is 10.0. The molecule has 1 aliphatic rings. The van der Waals surface area contributed by atoms with Gasteiger partial charge in [0.25, 0.3) is 15.9 Å². The molecule has 1 aliphatic carbocycles. The molecule has 0 heterocycles. The quantitative estimate of drug-likeness (QED) is 0.513. The van der Waals surface area contributed by atoms with Gasteiger partial charge in [0.1, 0.15) is 4.90 Å². The molecule has 1 amide bonds. The summed E-state index contributed by atoms with van der Waals surface area (Å²) >= 11 is 2.97. The Labute approximate surface area is 163 Å². The minimum atomic E-state index is -4.44. The number of benzene rings is 2. The van der Waals surface area contributed by atoms with Crippen LogP contribution in [0, 0.1) is 5.82 Å². The molecule has 4 N–H and O–H groups in total. The number of carbonyl (C=O) groups is 1. The molecule has 0 unspecified atom stereocenters. The monoisotopic (exact) mass is 458 g/mol. The van der Waals surface area contributed by atoms with Gasteiger partial charge in [0.15, 0.2) is 17.3 Å². The van der Waals surface area contributed by atoms with E-state index in [0.29, 0.717) is 5.56 Å². The first-order valence-corrected chi connectivity index (χ1v) is 10.2. The molecule has 1 saturated carbocycles. The van der Waals surface area contributed by atoms with Gasteiger partial charge < -0.3 is 15.5 Å². The summed E-state index contributed by atoms with van der Waals surface area (Å²) in [6, 6.07) is 4.90. The van der Waals surface area contributed by atoms with Gasteiger partial charge in [-0.25, -0.2) is 12.8 Å². The van der Waals surface area contributed by atoms with Crippen molar-refractivity contribution in [3.05, 3.63) is 45.7 Å². The summed E-state index contributed by atoms with van der Waals surface area (Å²) in [5.41, 5.74) is 0.399. The van der Waals surface area contributed by atoms with Gasteiger partial charge in [-0.1, -0.05) is 15.9 Å². The predicted molar refractivity (Wildman–Crippen MR) is 100 cm³/mol. The molecule has 7 nitrogen and oxygen atoms in total. The second-order valence-electron chi connectivity index (χ2n) is 6.16. The summed E-state index contributed by atoms with van der Waals surface area (Å²) in [6.45, 7) is 0. The van der Waals surface area contributed by atoms with E-state index in [9.17, 15) is 27.8 Å². The van der Waals surface area contributed by atoms with Crippen molar-refractivity contribution in [2.24, 2.45) is 0 Å². The number of carbonyl (C=O) groups excluding carboxylic acids is 1. The van der Waals surface area contributed by atoms with Gasteiger partial charge in [-0.2, -0.15) is 0 Å². The predicted octanol–water partition coefficient (Wildman–Crippen LogP) is 3.04. The lowest BCUT2D eigenvalue weighted by Crippen LogP contribution is -2.19. The molecule has 0 saturated heterocycles. The minimum absolute atomic E-state index is 0.0794. The lowest BCUT2D eigenvalue weighted by Gasteiger charge is -2.15. The van der Waals surface area contributed by atoms with Crippen LogP contribution in [0.5, 0.6) is 11.5 Å². The van der Waals surface area contributed by atoms with Crippen LogP contribution in [0.4, 0.5) is 10.1 Å². The van der Waals surface area contributed by atoms with Crippen molar-refractivity contribution in [2.75, 3.05) is 11.8 Å². The van der Waals surface area contributed by atoms with Gasteiger partial charge in [-0.05, 0) is 48.6 Å². The van der Waals surface area contributed by atoms with Crippen molar-refractivity contribution in [2.45, 2.75) is 23.7 Å². The summed E-state index contributed by atoms with van der Waals surface area (Å²) in [4.78, 5) is 11.3. The van der Waals surface area contributed by atoms with Crippen molar-refractivity contribution in [3.63, 3.8) is 0 Å². The van der Waals surface area contributed by atoms with Gasteiger partial charge in [0, 0.05) is 11.5 Å². The standard InChI is InChI=1S/C17H16BrFN2O5S/c1-20-17(24)11-4-9(8-2-3-8)5-13(15(11)22)21-27(25,26)14-7-10(18)6-12(19)16(14)23/h4-8,21-23H,2-3H2,1H3,(H,20,24). The number of aromatic hydroxyl groups is 2. The number of nitrogens with one attached hydrogen (secondary N) is 2. The highest BCUT2D eigenvalue weighted by molar-refractivity contribution is 9.10. The van der Waals surface area contributed by atoms with Crippen LogP contribution in [0.25, 0.3) is 0 Å². The average molecular weight is 459 g/mol. The molecule has 10 heteroatoms. The maximum Gasteiger partial charge on any atom is 0.265 e. The van der Waals surface area contributed by atoms with E-state index in [2.05, 4.69) is 26.0 Å². The molecule has 2 aromatic rings. The molecule has 0 bridgehead atoms. The van der Waals surface area contributed by atoms with E-state index < -0.39 is 38.1 Å². The molecule has 0 atom stereocenters. The Morgan fingerprint density at radius 3 is 2.44 bits per heavy atom. The Bertz CT molecular complexity index is 1040. The normalized spacial score (nSPS) is 14.0. The van der Waals surface area contributed by atoms with Gasteiger partial charge >= 0.3 is 0 Å². The summed E-state index contributed by atoms with van der Waals surface area (Å²) in [5, 5.41) is 22.6. The zero-order valence-corrected chi connectivity index (χ0v) is 16.5. The van der Waals surface area contributed by atoms with E-state index in [0.717, 1.165) is 25.0 Å². The number of sulfonamides is 1. The maximum absolute atomic E-state index is 13.7. The first-order valence-electron chi connectivity index (χ1n) is 7.94. The highest BCUT2D eigenvalue weighted by atomic mass is 79.9. The average Bonchev–Trinajstić information content (AvgIpc) is 3.44. The van der Waals surface area contributed by atoms with Crippen molar-refractivity contribution in [1.82, 2.24) is 5.32 Å². The van der Waals surface area contributed by atoms with E-state index >= 15 is 0 Å². The zero-order chi connectivity index (χ0) is 19.9. The number of phenolic OH excluding ortho intramolecular Hbond substituents is 2. The van der Waals surface area contributed by atoms with Crippen LogP contribution >= 0.6 is 15.9 Å². The van der Waals surface area contributed by atoms with E-state index in [1.807, 2.05) is 0 Å². The van der Waals surface area contributed by atoms with Gasteiger partial charge in [0.05, 0.1) is 11.3 Å². The fraction of sp³-hybridized carbons (Fsp3) is 0.235.